The molecule has 0 spiro atoms. The summed E-state index contributed by atoms with van der Waals surface area (Å²) < 4.78 is 5.62. The number of rotatable bonds is 3. The second-order valence-corrected chi connectivity index (χ2v) is 5.39. The minimum Gasteiger partial charge on any atom is -0.465 e. The van der Waals surface area contributed by atoms with Crippen molar-refractivity contribution in [3.8, 4) is 0 Å². The Labute approximate surface area is 112 Å². The summed E-state index contributed by atoms with van der Waals surface area (Å²) in [6.45, 7) is 5.51. The van der Waals surface area contributed by atoms with Crippen LogP contribution < -0.4 is 0 Å². The molecule has 2 saturated heterocycles. The fraction of sp³-hybridized carbons (Fsp3) is 0.571. The van der Waals surface area contributed by atoms with Crippen molar-refractivity contribution in [1.29, 1.82) is 0 Å². The van der Waals surface area contributed by atoms with Gasteiger partial charge < -0.3 is 4.42 Å². The quantitative estimate of drug-likeness (QED) is 0.774. The topological polar surface area (TPSA) is 53.8 Å². The lowest BCUT2D eigenvalue weighted by Crippen LogP contribution is -2.60. The fourth-order valence-electron chi connectivity index (χ4n) is 2.83. The van der Waals surface area contributed by atoms with Crippen LogP contribution in [-0.2, 0) is 9.59 Å². The maximum atomic E-state index is 11.6. The molecule has 5 nitrogen and oxygen atoms in total. The first-order valence-corrected chi connectivity index (χ1v) is 6.71. The molecule has 2 amide bonds. The van der Waals surface area contributed by atoms with Gasteiger partial charge in [0.25, 0.3) is 0 Å². The molecule has 2 fully saturated rings. The van der Waals surface area contributed by atoms with Crippen molar-refractivity contribution in [1.82, 2.24) is 9.80 Å². The molecule has 3 rings (SSSR count). The molecule has 1 atom stereocenters. The summed E-state index contributed by atoms with van der Waals surface area (Å²) in [7, 11) is 0. The zero-order valence-electron chi connectivity index (χ0n) is 11.3. The van der Waals surface area contributed by atoms with E-state index in [0.29, 0.717) is 12.8 Å². The molecule has 0 radical (unpaired) electrons. The second kappa shape index (κ2) is 4.49. The van der Waals surface area contributed by atoms with Crippen LogP contribution in [-0.4, -0.2) is 40.7 Å². The molecule has 1 unspecified atom stereocenters. The summed E-state index contributed by atoms with van der Waals surface area (Å²) in [6.07, 6.45) is 0.754. The van der Waals surface area contributed by atoms with E-state index in [2.05, 4.69) is 11.8 Å². The van der Waals surface area contributed by atoms with Gasteiger partial charge in [-0.05, 0) is 26.0 Å². The van der Waals surface area contributed by atoms with E-state index in [4.69, 9.17) is 4.42 Å². The van der Waals surface area contributed by atoms with Crippen LogP contribution in [0, 0.1) is 6.92 Å². The van der Waals surface area contributed by atoms with Gasteiger partial charge in [0.1, 0.15) is 11.5 Å². The number of hydrogen-bond donors (Lipinski definition) is 0. The Bertz CT molecular complexity index is 501. The maximum absolute atomic E-state index is 11.6. The molecule has 19 heavy (non-hydrogen) atoms. The molecular formula is C14H18N2O3. The minimum absolute atomic E-state index is 0.0175. The number of hydrogen-bond acceptors (Lipinski definition) is 4. The maximum Gasteiger partial charge on any atom is 0.230 e. The van der Waals surface area contributed by atoms with E-state index in [1.165, 1.54) is 4.90 Å². The molecule has 2 aliphatic rings. The van der Waals surface area contributed by atoms with Crippen LogP contribution in [0.15, 0.2) is 16.5 Å². The van der Waals surface area contributed by atoms with E-state index in [9.17, 15) is 9.59 Å². The largest absolute Gasteiger partial charge is 0.465 e. The van der Waals surface area contributed by atoms with Crippen molar-refractivity contribution in [2.45, 2.75) is 38.8 Å². The van der Waals surface area contributed by atoms with Crippen LogP contribution >= 0.6 is 0 Å². The van der Waals surface area contributed by atoms with Crippen molar-refractivity contribution >= 4 is 11.8 Å². The number of amides is 2. The Morgan fingerprint density at radius 1 is 1.21 bits per heavy atom. The highest BCUT2D eigenvalue weighted by Crippen LogP contribution is 2.30. The molecule has 0 bridgehead atoms. The number of carbonyl (C=O) groups excluding carboxylic acids is 2. The molecule has 0 N–H and O–H groups in total. The third-order valence-electron chi connectivity index (χ3n) is 4.07. The fourth-order valence-corrected chi connectivity index (χ4v) is 2.83. The summed E-state index contributed by atoms with van der Waals surface area (Å²) in [4.78, 5) is 27.0. The monoisotopic (exact) mass is 262 g/mol. The normalized spacial score (nSPS) is 22.9. The summed E-state index contributed by atoms with van der Waals surface area (Å²) >= 11 is 0. The molecule has 102 valence electrons. The average molecular weight is 262 g/mol. The molecule has 1 aromatic heterocycles. The van der Waals surface area contributed by atoms with Crippen LogP contribution in [0.25, 0.3) is 0 Å². The number of carbonyl (C=O) groups is 2. The zero-order chi connectivity index (χ0) is 13.6. The molecule has 2 aliphatic heterocycles. The number of nitrogens with zero attached hydrogens (tertiary/aromatic N) is 2. The molecule has 0 aromatic carbocycles. The van der Waals surface area contributed by atoms with Gasteiger partial charge in [-0.15, -0.1) is 0 Å². The molecule has 1 aromatic rings. The third-order valence-corrected chi connectivity index (χ3v) is 4.07. The van der Waals surface area contributed by atoms with Crippen molar-refractivity contribution in [3.63, 3.8) is 0 Å². The zero-order valence-corrected chi connectivity index (χ0v) is 11.3. The Hall–Kier alpha value is -1.62. The molecule has 3 heterocycles. The summed E-state index contributed by atoms with van der Waals surface area (Å²) in [5, 5.41) is 0. The van der Waals surface area contributed by atoms with E-state index < -0.39 is 0 Å². The first kappa shape index (κ1) is 12.4. The van der Waals surface area contributed by atoms with Crippen molar-refractivity contribution in [3.05, 3.63) is 23.7 Å². The average Bonchev–Trinajstić information content (AvgIpc) is 2.87. The highest BCUT2D eigenvalue weighted by Gasteiger charge is 2.42. The Morgan fingerprint density at radius 3 is 2.37 bits per heavy atom. The Morgan fingerprint density at radius 2 is 1.84 bits per heavy atom. The van der Waals surface area contributed by atoms with Gasteiger partial charge in [-0.1, -0.05) is 0 Å². The molecule has 5 heteroatoms. The van der Waals surface area contributed by atoms with E-state index in [1.54, 1.807) is 0 Å². The van der Waals surface area contributed by atoms with Crippen LogP contribution in [0.3, 0.4) is 0 Å². The number of furan rings is 1. The van der Waals surface area contributed by atoms with Crippen molar-refractivity contribution in [2.24, 2.45) is 0 Å². The predicted octanol–water partition coefficient (Wildman–Crippen LogP) is 1.48. The number of likely N-dealkylation sites (tertiary alicyclic amines) is 2. The van der Waals surface area contributed by atoms with Crippen molar-refractivity contribution in [2.75, 3.05) is 13.1 Å². The van der Waals surface area contributed by atoms with E-state index in [1.807, 2.05) is 19.1 Å². The Balaban J connectivity index is 1.61. The van der Waals surface area contributed by atoms with Gasteiger partial charge >= 0.3 is 0 Å². The molecular weight excluding hydrogens is 244 g/mol. The first-order chi connectivity index (χ1) is 9.06. The highest BCUT2D eigenvalue weighted by molar-refractivity contribution is 6.02. The van der Waals surface area contributed by atoms with Crippen LogP contribution in [0.5, 0.6) is 0 Å². The van der Waals surface area contributed by atoms with Gasteiger partial charge in [0.15, 0.2) is 0 Å². The number of aryl methyl sites for hydroxylation is 1. The minimum atomic E-state index is -0.0175. The van der Waals surface area contributed by atoms with Gasteiger partial charge in [-0.25, -0.2) is 0 Å². The summed E-state index contributed by atoms with van der Waals surface area (Å²) in [5.41, 5.74) is 0. The smallest absolute Gasteiger partial charge is 0.230 e. The Kier molecular flexibility index (Phi) is 2.93. The van der Waals surface area contributed by atoms with E-state index in [-0.39, 0.29) is 23.9 Å². The van der Waals surface area contributed by atoms with Gasteiger partial charge in [0.05, 0.1) is 12.1 Å². The standard InChI is InChI=1S/C14H18N2O3/c1-9-3-4-12(19-9)10(2)15-7-11(8-15)16-13(17)5-6-14(16)18/h3-4,10-11H,5-8H2,1-2H3. The van der Waals surface area contributed by atoms with Crippen LogP contribution in [0.1, 0.15) is 37.3 Å². The summed E-state index contributed by atoms with van der Waals surface area (Å²) in [6, 6.07) is 4.19. The lowest BCUT2D eigenvalue weighted by atomic mass is 10.0. The van der Waals surface area contributed by atoms with Gasteiger partial charge in [-0.3, -0.25) is 19.4 Å². The van der Waals surface area contributed by atoms with Crippen molar-refractivity contribution < 1.29 is 14.0 Å². The third kappa shape index (κ3) is 2.08. The van der Waals surface area contributed by atoms with Crippen LogP contribution in [0.4, 0.5) is 0 Å². The van der Waals surface area contributed by atoms with Gasteiger partial charge in [0.2, 0.25) is 11.8 Å². The van der Waals surface area contributed by atoms with E-state index in [0.717, 1.165) is 24.6 Å². The lowest BCUT2D eigenvalue weighted by molar-refractivity contribution is -0.146. The van der Waals surface area contributed by atoms with E-state index >= 15 is 0 Å². The van der Waals surface area contributed by atoms with Gasteiger partial charge in [-0.2, -0.15) is 0 Å². The first-order valence-electron chi connectivity index (χ1n) is 6.71. The molecule has 0 aliphatic carbocycles. The van der Waals surface area contributed by atoms with Gasteiger partial charge in [0, 0.05) is 25.9 Å². The lowest BCUT2D eigenvalue weighted by Gasteiger charge is -2.45. The predicted molar refractivity (Wildman–Crippen MR) is 68.3 cm³/mol. The molecule has 0 saturated carbocycles. The highest BCUT2D eigenvalue weighted by atomic mass is 16.3. The number of imide groups is 1. The SMILES string of the molecule is Cc1ccc(C(C)N2CC(N3C(=O)CCC3=O)C2)o1. The second-order valence-electron chi connectivity index (χ2n) is 5.39. The van der Waals surface area contributed by atoms with Crippen LogP contribution in [0.2, 0.25) is 0 Å². The summed E-state index contributed by atoms with van der Waals surface area (Å²) in [5.74, 6) is 1.81.